The Bertz CT molecular complexity index is 878. The van der Waals surface area contributed by atoms with E-state index in [4.69, 9.17) is 0 Å². The first kappa shape index (κ1) is 19.3. The lowest BCUT2D eigenvalue weighted by Gasteiger charge is -2.31. The summed E-state index contributed by atoms with van der Waals surface area (Å²) in [7, 11) is 0. The summed E-state index contributed by atoms with van der Waals surface area (Å²) in [4.78, 5) is 34.5. The van der Waals surface area contributed by atoms with Gasteiger partial charge in [-0.15, -0.1) is 0 Å². The van der Waals surface area contributed by atoms with Crippen molar-refractivity contribution in [2.45, 2.75) is 52.5 Å². The van der Waals surface area contributed by atoms with Crippen LogP contribution in [0.5, 0.6) is 0 Å². The van der Waals surface area contributed by atoms with Crippen LogP contribution in [0.2, 0.25) is 0 Å². The normalized spacial score (nSPS) is 14.7. The molecule has 1 aliphatic heterocycles. The number of nitrogens with one attached hydrogen (secondary N) is 1. The monoisotopic (exact) mass is 371 g/mol. The second-order valence-electron chi connectivity index (χ2n) is 7.11. The van der Waals surface area contributed by atoms with E-state index in [1.165, 1.54) is 12.1 Å². The van der Waals surface area contributed by atoms with Gasteiger partial charge in [0.25, 0.3) is 5.56 Å². The molecule has 144 valence electrons. The summed E-state index contributed by atoms with van der Waals surface area (Å²) in [6, 6.07) is 6.01. The maximum Gasteiger partial charge on any atom is 0.256 e. The lowest BCUT2D eigenvalue weighted by atomic mass is 9.96. The highest BCUT2D eigenvalue weighted by molar-refractivity contribution is 5.79. The number of amides is 1. The number of fused-ring (bicyclic) bond motifs is 1. The number of hydrogen-bond acceptors (Lipinski definition) is 3. The molecule has 1 aromatic heterocycles. The zero-order valence-corrected chi connectivity index (χ0v) is 15.9. The number of unbranched alkanes of at least 4 members (excludes halogenated alkanes) is 1. The molecule has 2 aromatic rings. The van der Waals surface area contributed by atoms with Gasteiger partial charge in [-0.2, -0.15) is 0 Å². The quantitative estimate of drug-likeness (QED) is 0.842. The maximum absolute atomic E-state index is 13.5. The van der Waals surface area contributed by atoms with Crippen LogP contribution >= 0.6 is 0 Å². The average molecular weight is 371 g/mol. The third-order valence-electron chi connectivity index (χ3n) is 5.23. The van der Waals surface area contributed by atoms with Gasteiger partial charge in [-0.3, -0.25) is 9.59 Å². The molecule has 0 saturated heterocycles. The van der Waals surface area contributed by atoms with Crippen molar-refractivity contribution < 1.29 is 9.18 Å². The Balaban J connectivity index is 1.82. The van der Waals surface area contributed by atoms with Crippen LogP contribution in [0, 0.1) is 11.7 Å². The number of hydrogen-bond donors (Lipinski definition) is 1. The zero-order chi connectivity index (χ0) is 19.4. The van der Waals surface area contributed by atoms with E-state index in [2.05, 4.69) is 16.9 Å². The molecular formula is C21H26FN3O2. The van der Waals surface area contributed by atoms with Crippen molar-refractivity contribution in [3.05, 3.63) is 51.7 Å². The molecule has 6 heteroatoms. The number of aromatic nitrogens is 2. The largest absolute Gasteiger partial charge is 0.337 e. The summed E-state index contributed by atoms with van der Waals surface area (Å²) < 4.78 is 13.5. The van der Waals surface area contributed by atoms with Gasteiger partial charge in [0.1, 0.15) is 11.6 Å². The smallest absolute Gasteiger partial charge is 0.256 e. The van der Waals surface area contributed by atoms with Gasteiger partial charge in [0.05, 0.1) is 17.8 Å². The van der Waals surface area contributed by atoms with Gasteiger partial charge in [-0.25, -0.2) is 9.37 Å². The zero-order valence-electron chi connectivity index (χ0n) is 15.9. The van der Waals surface area contributed by atoms with E-state index in [0.717, 1.165) is 25.7 Å². The molecule has 1 atom stereocenters. The van der Waals surface area contributed by atoms with Crippen LogP contribution in [-0.2, 0) is 17.8 Å². The highest BCUT2D eigenvalue weighted by atomic mass is 19.1. The summed E-state index contributed by atoms with van der Waals surface area (Å²) in [5, 5.41) is 0. The van der Waals surface area contributed by atoms with E-state index in [0.29, 0.717) is 42.2 Å². The van der Waals surface area contributed by atoms with Crippen molar-refractivity contribution in [2.75, 3.05) is 6.54 Å². The molecule has 0 spiro atoms. The van der Waals surface area contributed by atoms with Crippen molar-refractivity contribution in [2.24, 2.45) is 5.92 Å². The van der Waals surface area contributed by atoms with E-state index >= 15 is 0 Å². The number of aromatic amines is 1. The topological polar surface area (TPSA) is 66.1 Å². The van der Waals surface area contributed by atoms with E-state index in [1.807, 2.05) is 6.92 Å². The number of rotatable bonds is 6. The standard InChI is InChI=1S/C21H26FN3O2/c1-3-5-7-14(4-2)21(27)25-11-10-18-17(13-25)20(26)24-19(23-18)15-8-6-9-16(22)12-15/h6,8-9,12,14H,3-5,7,10-11,13H2,1-2H3,(H,23,24,26)/t14-/m0/s1. The SMILES string of the molecule is CCCC[C@H](CC)C(=O)N1CCc2nc(-c3cccc(F)c3)[nH]c(=O)c2C1. The Labute approximate surface area is 158 Å². The molecule has 0 saturated carbocycles. The highest BCUT2D eigenvalue weighted by Gasteiger charge is 2.28. The second kappa shape index (κ2) is 8.46. The predicted octanol–water partition coefficient (Wildman–Crippen LogP) is 3.68. The predicted molar refractivity (Wildman–Crippen MR) is 103 cm³/mol. The third kappa shape index (κ3) is 4.26. The van der Waals surface area contributed by atoms with Crippen LogP contribution in [0.25, 0.3) is 11.4 Å². The molecule has 0 aliphatic carbocycles. The molecule has 2 heterocycles. The molecule has 0 bridgehead atoms. The Morgan fingerprint density at radius 2 is 2.19 bits per heavy atom. The van der Waals surface area contributed by atoms with E-state index in [-0.39, 0.29) is 23.2 Å². The highest BCUT2D eigenvalue weighted by Crippen LogP contribution is 2.22. The molecule has 5 nitrogen and oxygen atoms in total. The lowest BCUT2D eigenvalue weighted by Crippen LogP contribution is -2.42. The fraction of sp³-hybridized carbons (Fsp3) is 0.476. The molecule has 1 aliphatic rings. The van der Waals surface area contributed by atoms with Crippen molar-refractivity contribution in [3.8, 4) is 11.4 Å². The Morgan fingerprint density at radius 3 is 2.89 bits per heavy atom. The summed E-state index contributed by atoms with van der Waals surface area (Å²) >= 11 is 0. The number of carbonyl (C=O) groups excluding carboxylic acids is 1. The van der Waals surface area contributed by atoms with Crippen LogP contribution in [0.4, 0.5) is 4.39 Å². The van der Waals surface area contributed by atoms with Crippen LogP contribution in [-0.4, -0.2) is 27.3 Å². The first-order chi connectivity index (χ1) is 13.0. The van der Waals surface area contributed by atoms with Gasteiger partial charge in [0.15, 0.2) is 0 Å². The van der Waals surface area contributed by atoms with E-state index in [1.54, 1.807) is 17.0 Å². The fourth-order valence-electron chi connectivity index (χ4n) is 3.60. The molecule has 1 amide bonds. The van der Waals surface area contributed by atoms with E-state index < -0.39 is 0 Å². The number of nitrogens with zero attached hydrogens (tertiary/aromatic N) is 2. The van der Waals surface area contributed by atoms with Crippen LogP contribution in [0.15, 0.2) is 29.1 Å². The average Bonchev–Trinajstić information content (AvgIpc) is 2.68. The van der Waals surface area contributed by atoms with Crippen LogP contribution in [0.1, 0.15) is 50.8 Å². The first-order valence-electron chi connectivity index (χ1n) is 9.70. The Hall–Kier alpha value is -2.50. The molecular weight excluding hydrogens is 345 g/mol. The molecule has 3 rings (SSSR count). The Morgan fingerprint density at radius 1 is 1.37 bits per heavy atom. The minimum absolute atomic E-state index is 0.0186. The maximum atomic E-state index is 13.5. The molecule has 27 heavy (non-hydrogen) atoms. The second-order valence-corrected chi connectivity index (χ2v) is 7.11. The summed E-state index contributed by atoms with van der Waals surface area (Å²) in [5.41, 5.74) is 1.53. The molecule has 1 aromatic carbocycles. The first-order valence-corrected chi connectivity index (χ1v) is 9.70. The minimum atomic E-state index is -0.373. The molecule has 0 fully saturated rings. The van der Waals surface area contributed by atoms with Crippen molar-refractivity contribution in [1.82, 2.24) is 14.9 Å². The number of halogens is 1. The minimum Gasteiger partial charge on any atom is -0.337 e. The van der Waals surface area contributed by atoms with Crippen molar-refractivity contribution in [1.29, 1.82) is 0 Å². The van der Waals surface area contributed by atoms with Crippen molar-refractivity contribution >= 4 is 5.91 Å². The third-order valence-corrected chi connectivity index (χ3v) is 5.23. The van der Waals surface area contributed by atoms with Crippen LogP contribution < -0.4 is 5.56 Å². The van der Waals surface area contributed by atoms with Crippen molar-refractivity contribution in [3.63, 3.8) is 0 Å². The summed E-state index contributed by atoms with van der Waals surface area (Å²) in [6.45, 7) is 5.02. The molecule has 1 N–H and O–H groups in total. The van der Waals surface area contributed by atoms with Crippen LogP contribution in [0.3, 0.4) is 0 Å². The van der Waals surface area contributed by atoms with Gasteiger partial charge >= 0.3 is 0 Å². The van der Waals surface area contributed by atoms with Gasteiger partial charge in [-0.1, -0.05) is 38.8 Å². The number of benzene rings is 1. The lowest BCUT2D eigenvalue weighted by molar-refractivity contribution is -0.136. The molecule has 0 radical (unpaired) electrons. The number of H-pyrrole nitrogens is 1. The summed E-state index contributed by atoms with van der Waals surface area (Å²) in [5.74, 6) is 0.144. The Kier molecular flexibility index (Phi) is 6.04. The van der Waals surface area contributed by atoms with E-state index in [9.17, 15) is 14.0 Å². The fourth-order valence-corrected chi connectivity index (χ4v) is 3.60. The molecule has 0 unspecified atom stereocenters. The van der Waals surface area contributed by atoms with Gasteiger partial charge in [0.2, 0.25) is 5.91 Å². The summed E-state index contributed by atoms with van der Waals surface area (Å²) in [6.07, 6.45) is 4.35. The number of carbonyl (C=O) groups is 1. The van der Waals surface area contributed by atoms with Gasteiger partial charge in [-0.05, 0) is 25.0 Å². The van der Waals surface area contributed by atoms with Gasteiger partial charge < -0.3 is 9.88 Å². The van der Waals surface area contributed by atoms with Gasteiger partial charge in [0, 0.05) is 24.4 Å².